The van der Waals surface area contributed by atoms with Gasteiger partial charge in [-0.25, -0.2) is 0 Å². The molecule has 1 atom stereocenters. The zero-order valence-corrected chi connectivity index (χ0v) is 11.9. The molecule has 0 bridgehead atoms. The fourth-order valence-corrected chi connectivity index (χ4v) is 2.13. The van der Waals surface area contributed by atoms with E-state index in [9.17, 15) is 0 Å². The van der Waals surface area contributed by atoms with Gasteiger partial charge in [-0.3, -0.25) is 0 Å². The predicted molar refractivity (Wildman–Crippen MR) is 80.0 cm³/mol. The molecule has 0 fully saturated rings. The van der Waals surface area contributed by atoms with Crippen LogP contribution in [0, 0.1) is 0 Å². The normalized spacial score (nSPS) is 12.6. The molecule has 2 N–H and O–H groups in total. The van der Waals surface area contributed by atoms with Crippen LogP contribution in [0.1, 0.15) is 50.5 Å². The maximum Gasteiger partial charge on any atom is 0.134 e. The third-order valence-corrected chi connectivity index (χ3v) is 3.49. The van der Waals surface area contributed by atoms with E-state index >= 15 is 0 Å². The van der Waals surface area contributed by atoms with Gasteiger partial charge in [-0.15, -0.1) is 0 Å². The van der Waals surface area contributed by atoms with Crippen LogP contribution in [0.5, 0.6) is 0 Å². The molecule has 19 heavy (non-hydrogen) atoms. The van der Waals surface area contributed by atoms with Crippen LogP contribution in [0.15, 0.2) is 40.8 Å². The molecule has 2 heteroatoms. The summed E-state index contributed by atoms with van der Waals surface area (Å²) in [5.41, 5.74) is 8.48. The number of hydrogen-bond donors (Lipinski definition) is 1. The second-order valence-corrected chi connectivity index (χ2v) is 5.02. The minimum Gasteiger partial charge on any atom is -0.459 e. The van der Waals surface area contributed by atoms with Gasteiger partial charge in [0.25, 0.3) is 0 Å². The van der Waals surface area contributed by atoms with Gasteiger partial charge in [-0.05, 0) is 37.0 Å². The van der Waals surface area contributed by atoms with Crippen LogP contribution in [-0.2, 0) is 6.42 Å². The highest BCUT2D eigenvalue weighted by atomic mass is 16.3. The monoisotopic (exact) mass is 257 g/mol. The van der Waals surface area contributed by atoms with Crippen molar-refractivity contribution in [1.29, 1.82) is 0 Å². The molecular weight excluding hydrogens is 234 g/mol. The van der Waals surface area contributed by atoms with E-state index in [1.807, 2.05) is 12.1 Å². The standard InChI is InChI=1S/C17H23NO/c1-3-5-6-13-7-9-14(10-8-13)16-11-12-17(19-16)15(18)4-2/h7-12,15H,3-6,18H2,1-2H3. The van der Waals surface area contributed by atoms with Crippen molar-refractivity contribution in [3.05, 3.63) is 47.7 Å². The molecule has 102 valence electrons. The molecule has 0 radical (unpaired) electrons. The van der Waals surface area contributed by atoms with Crippen molar-refractivity contribution in [2.75, 3.05) is 0 Å². The van der Waals surface area contributed by atoms with Crippen molar-refractivity contribution in [3.8, 4) is 11.3 Å². The summed E-state index contributed by atoms with van der Waals surface area (Å²) < 4.78 is 5.82. The molecule has 2 rings (SSSR count). The molecule has 0 aliphatic rings. The van der Waals surface area contributed by atoms with Crippen molar-refractivity contribution in [1.82, 2.24) is 0 Å². The number of benzene rings is 1. The quantitative estimate of drug-likeness (QED) is 0.814. The van der Waals surface area contributed by atoms with E-state index in [-0.39, 0.29) is 6.04 Å². The summed E-state index contributed by atoms with van der Waals surface area (Å²) in [6, 6.07) is 12.6. The first-order valence-electron chi connectivity index (χ1n) is 7.19. The zero-order chi connectivity index (χ0) is 13.7. The number of unbranched alkanes of at least 4 members (excludes halogenated alkanes) is 1. The van der Waals surface area contributed by atoms with E-state index in [0.717, 1.165) is 29.9 Å². The molecule has 0 amide bonds. The molecule has 0 spiro atoms. The Morgan fingerprint density at radius 1 is 1.05 bits per heavy atom. The van der Waals surface area contributed by atoms with E-state index in [0.29, 0.717) is 0 Å². The van der Waals surface area contributed by atoms with E-state index in [1.165, 1.54) is 18.4 Å². The largest absolute Gasteiger partial charge is 0.459 e. The van der Waals surface area contributed by atoms with Gasteiger partial charge in [0.05, 0.1) is 6.04 Å². The highest BCUT2D eigenvalue weighted by Crippen LogP contribution is 2.26. The van der Waals surface area contributed by atoms with E-state index < -0.39 is 0 Å². The fraction of sp³-hybridized carbons (Fsp3) is 0.412. The fourth-order valence-electron chi connectivity index (χ4n) is 2.13. The first-order valence-corrected chi connectivity index (χ1v) is 7.19. The van der Waals surface area contributed by atoms with E-state index in [1.54, 1.807) is 0 Å². The lowest BCUT2D eigenvalue weighted by Gasteiger charge is -2.04. The minimum atomic E-state index is -0.00224. The maximum absolute atomic E-state index is 5.97. The Kier molecular flexibility index (Phi) is 4.80. The smallest absolute Gasteiger partial charge is 0.134 e. The molecule has 1 aromatic heterocycles. The Morgan fingerprint density at radius 2 is 1.79 bits per heavy atom. The Bertz CT molecular complexity index is 498. The first-order chi connectivity index (χ1) is 9.24. The Hall–Kier alpha value is -1.54. The van der Waals surface area contributed by atoms with Crippen LogP contribution in [0.2, 0.25) is 0 Å². The molecule has 0 saturated heterocycles. The number of aryl methyl sites for hydroxylation is 1. The lowest BCUT2D eigenvalue weighted by Crippen LogP contribution is -2.06. The van der Waals surface area contributed by atoms with Crippen LogP contribution in [0.25, 0.3) is 11.3 Å². The molecular formula is C17H23NO. The maximum atomic E-state index is 5.97. The highest BCUT2D eigenvalue weighted by molar-refractivity contribution is 5.58. The third-order valence-electron chi connectivity index (χ3n) is 3.49. The van der Waals surface area contributed by atoms with Gasteiger partial charge >= 0.3 is 0 Å². The van der Waals surface area contributed by atoms with E-state index in [4.69, 9.17) is 10.2 Å². The number of hydrogen-bond acceptors (Lipinski definition) is 2. The number of nitrogens with two attached hydrogens (primary N) is 1. The lowest BCUT2D eigenvalue weighted by atomic mass is 10.1. The third kappa shape index (κ3) is 3.48. The van der Waals surface area contributed by atoms with Gasteiger partial charge in [0.1, 0.15) is 11.5 Å². The summed E-state index contributed by atoms with van der Waals surface area (Å²) in [5, 5.41) is 0. The van der Waals surface area contributed by atoms with Gasteiger partial charge in [-0.2, -0.15) is 0 Å². The summed E-state index contributed by atoms with van der Waals surface area (Å²) >= 11 is 0. The van der Waals surface area contributed by atoms with Crippen LogP contribution < -0.4 is 5.73 Å². The lowest BCUT2D eigenvalue weighted by molar-refractivity contribution is 0.470. The topological polar surface area (TPSA) is 39.2 Å². The SMILES string of the molecule is CCCCc1ccc(-c2ccc(C(N)CC)o2)cc1. The molecule has 1 heterocycles. The van der Waals surface area contributed by atoms with Crippen LogP contribution in [-0.4, -0.2) is 0 Å². The van der Waals surface area contributed by atoms with Crippen molar-refractivity contribution >= 4 is 0 Å². The van der Waals surface area contributed by atoms with Crippen molar-refractivity contribution in [3.63, 3.8) is 0 Å². The summed E-state index contributed by atoms with van der Waals surface area (Å²) in [4.78, 5) is 0. The van der Waals surface area contributed by atoms with Gasteiger partial charge in [0, 0.05) is 5.56 Å². The van der Waals surface area contributed by atoms with Crippen LogP contribution in [0.4, 0.5) is 0 Å². The average Bonchev–Trinajstić information content (AvgIpc) is 2.94. The number of rotatable bonds is 6. The van der Waals surface area contributed by atoms with Gasteiger partial charge < -0.3 is 10.2 Å². The predicted octanol–water partition coefficient (Wildman–Crippen LogP) is 4.70. The average molecular weight is 257 g/mol. The molecule has 1 aromatic carbocycles. The first kappa shape index (κ1) is 13.9. The van der Waals surface area contributed by atoms with Crippen molar-refractivity contribution in [2.24, 2.45) is 5.73 Å². The zero-order valence-electron chi connectivity index (χ0n) is 11.9. The summed E-state index contributed by atoms with van der Waals surface area (Å²) in [5.74, 6) is 1.77. The van der Waals surface area contributed by atoms with E-state index in [2.05, 4.69) is 38.1 Å². The second kappa shape index (κ2) is 6.58. The Morgan fingerprint density at radius 3 is 2.42 bits per heavy atom. The second-order valence-electron chi connectivity index (χ2n) is 5.02. The van der Waals surface area contributed by atoms with Crippen molar-refractivity contribution < 1.29 is 4.42 Å². The minimum absolute atomic E-state index is 0.00224. The summed E-state index contributed by atoms with van der Waals surface area (Å²) in [6.45, 7) is 4.28. The van der Waals surface area contributed by atoms with Crippen molar-refractivity contribution in [2.45, 2.75) is 45.6 Å². The van der Waals surface area contributed by atoms with Gasteiger partial charge in [0.2, 0.25) is 0 Å². The molecule has 2 nitrogen and oxygen atoms in total. The van der Waals surface area contributed by atoms with Gasteiger partial charge in [0.15, 0.2) is 0 Å². The van der Waals surface area contributed by atoms with Crippen LogP contribution >= 0.6 is 0 Å². The molecule has 0 aliphatic carbocycles. The van der Waals surface area contributed by atoms with Gasteiger partial charge in [-0.1, -0.05) is 44.5 Å². The summed E-state index contributed by atoms with van der Waals surface area (Å²) in [6.07, 6.45) is 4.53. The van der Waals surface area contributed by atoms with Crippen LogP contribution in [0.3, 0.4) is 0 Å². The Balaban J connectivity index is 2.11. The highest BCUT2D eigenvalue weighted by Gasteiger charge is 2.10. The Labute approximate surface area is 115 Å². The molecule has 0 saturated carbocycles. The molecule has 0 aliphatic heterocycles. The summed E-state index contributed by atoms with van der Waals surface area (Å²) in [7, 11) is 0. The number of furan rings is 1. The molecule has 2 aromatic rings. The molecule has 1 unspecified atom stereocenters.